The zero-order valence-electron chi connectivity index (χ0n) is 17.2. The van der Waals surface area contributed by atoms with Gasteiger partial charge in [0.25, 0.3) is 0 Å². The normalized spacial score (nSPS) is 22.6. The van der Waals surface area contributed by atoms with E-state index in [1.165, 1.54) is 4.90 Å². The summed E-state index contributed by atoms with van der Waals surface area (Å²) in [6.45, 7) is 3.07. The predicted octanol–water partition coefficient (Wildman–Crippen LogP) is 1.44. The molecule has 2 fully saturated rings. The van der Waals surface area contributed by atoms with Crippen LogP contribution in [0, 0.1) is 0 Å². The summed E-state index contributed by atoms with van der Waals surface area (Å²) < 4.78 is 0. The molecule has 1 atom stereocenters. The standard InChI is InChI=1S/C23H26N4O3/c1-25-10-12-26(13-11-25)20(28)14-23(19-7-3-2-4-8-19)15-21(29)27(22(23)30)17-18-6-5-9-24-16-18/h2-9,16H,10-15,17H2,1H3. The van der Waals surface area contributed by atoms with E-state index < -0.39 is 5.41 Å². The zero-order valence-corrected chi connectivity index (χ0v) is 17.2. The predicted molar refractivity (Wildman–Crippen MR) is 111 cm³/mol. The van der Waals surface area contributed by atoms with Crippen LogP contribution in [0.5, 0.6) is 0 Å². The Bertz CT molecular complexity index is 926. The average Bonchev–Trinajstić information content (AvgIpc) is 3.00. The van der Waals surface area contributed by atoms with Crippen molar-refractivity contribution in [2.24, 2.45) is 0 Å². The number of likely N-dealkylation sites (N-methyl/N-ethyl adjacent to an activating group) is 1. The van der Waals surface area contributed by atoms with E-state index in [0.717, 1.165) is 24.2 Å². The first kappa shape index (κ1) is 20.2. The summed E-state index contributed by atoms with van der Waals surface area (Å²) in [4.78, 5) is 49.1. The molecule has 1 aromatic carbocycles. The second-order valence-electron chi connectivity index (χ2n) is 8.13. The molecule has 3 heterocycles. The van der Waals surface area contributed by atoms with Crippen molar-refractivity contribution in [1.82, 2.24) is 19.7 Å². The lowest BCUT2D eigenvalue weighted by atomic mass is 9.75. The molecule has 0 aliphatic carbocycles. The minimum absolute atomic E-state index is 0.00877. The number of hydrogen-bond acceptors (Lipinski definition) is 5. The van der Waals surface area contributed by atoms with E-state index in [4.69, 9.17) is 0 Å². The van der Waals surface area contributed by atoms with E-state index in [2.05, 4.69) is 9.88 Å². The molecule has 0 saturated carbocycles. The van der Waals surface area contributed by atoms with Crippen molar-refractivity contribution in [3.05, 3.63) is 66.0 Å². The Morgan fingerprint density at radius 2 is 1.77 bits per heavy atom. The Morgan fingerprint density at radius 1 is 1.03 bits per heavy atom. The van der Waals surface area contributed by atoms with Crippen LogP contribution in [0.15, 0.2) is 54.9 Å². The number of imide groups is 1. The molecule has 0 radical (unpaired) electrons. The lowest BCUT2D eigenvalue weighted by molar-refractivity contribution is -0.143. The van der Waals surface area contributed by atoms with Gasteiger partial charge in [0.15, 0.2) is 0 Å². The molecule has 2 saturated heterocycles. The fourth-order valence-corrected chi connectivity index (χ4v) is 4.28. The topological polar surface area (TPSA) is 73.8 Å². The van der Waals surface area contributed by atoms with Crippen LogP contribution in [-0.4, -0.2) is 70.6 Å². The summed E-state index contributed by atoms with van der Waals surface area (Å²) in [5.74, 6) is -0.625. The van der Waals surface area contributed by atoms with E-state index in [-0.39, 0.29) is 37.1 Å². The number of amides is 3. The first-order valence-corrected chi connectivity index (χ1v) is 10.3. The van der Waals surface area contributed by atoms with E-state index in [0.29, 0.717) is 13.1 Å². The van der Waals surface area contributed by atoms with Crippen LogP contribution in [-0.2, 0) is 26.3 Å². The minimum Gasteiger partial charge on any atom is -0.340 e. The molecule has 4 rings (SSSR count). The Morgan fingerprint density at radius 3 is 2.43 bits per heavy atom. The van der Waals surface area contributed by atoms with Gasteiger partial charge in [-0.25, -0.2) is 0 Å². The van der Waals surface area contributed by atoms with Crippen LogP contribution >= 0.6 is 0 Å². The number of pyridine rings is 1. The summed E-state index contributed by atoms with van der Waals surface area (Å²) in [5.41, 5.74) is 0.356. The van der Waals surface area contributed by atoms with Gasteiger partial charge in [0.2, 0.25) is 17.7 Å². The van der Waals surface area contributed by atoms with Gasteiger partial charge in [-0.15, -0.1) is 0 Å². The van der Waals surface area contributed by atoms with Crippen molar-refractivity contribution >= 4 is 17.7 Å². The van der Waals surface area contributed by atoms with Crippen LogP contribution in [0.1, 0.15) is 24.0 Å². The van der Waals surface area contributed by atoms with Crippen molar-refractivity contribution in [1.29, 1.82) is 0 Å². The largest absolute Gasteiger partial charge is 0.340 e. The number of benzene rings is 1. The third-order valence-corrected chi connectivity index (χ3v) is 6.11. The summed E-state index contributed by atoms with van der Waals surface area (Å²) >= 11 is 0. The molecule has 2 aliphatic rings. The van der Waals surface area contributed by atoms with Gasteiger partial charge in [0.1, 0.15) is 0 Å². The van der Waals surface area contributed by atoms with Gasteiger partial charge in [-0.1, -0.05) is 36.4 Å². The van der Waals surface area contributed by atoms with Crippen LogP contribution < -0.4 is 0 Å². The smallest absolute Gasteiger partial charge is 0.241 e. The van der Waals surface area contributed by atoms with Crippen LogP contribution in [0.4, 0.5) is 0 Å². The highest BCUT2D eigenvalue weighted by Gasteiger charge is 2.54. The number of rotatable bonds is 5. The molecule has 0 N–H and O–H groups in total. The van der Waals surface area contributed by atoms with E-state index in [9.17, 15) is 14.4 Å². The molecule has 1 aromatic heterocycles. The number of carbonyl (C=O) groups excluding carboxylic acids is 3. The van der Waals surface area contributed by atoms with E-state index in [1.54, 1.807) is 18.5 Å². The van der Waals surface area contributed by atoms with Crippen molar-refractivity contribution in [2.45, 2.75) is 24.8 Å². The van der Waals surface area contributed by atoms with E-state index >= 15 is 0 Å². The van der Waals surface area contributed by atoms with Gasteiger partial charge in [-0.3, -0.25) is 24.3 Å². The van der Waals surface area contributed by atoms with Crippen LogP contribution in [0.3, 0.4) is 0 Å². The molecule has 0 spiro atoms. The maximum Gasteiger partial charge on any atom is 0.241 e. The van der Waals surface area contributed by atoms with E-state index in [1.807, 2.05) is 48.3 Å². The molecule has 156 valence electrons. The third kappa shape index (κ3) is 3.85. The molecule has 7 nitrogen and oxygen atoms in total. The number of piperazine rings is 1. The van der Waals surface area contributed by atoms with Crippen LogP contribution in [0.25, 0.3) is 0 Å². The molecule has 1 unspecified atom stereocenters. The lowest BCUT2D eigenvalue weighted by Crippen LogP contribution is -2.49. The highest BCUT2D eigenvalue weighted by molar-refractivity contribution is 6.10. The van der Waals surface area contributed by atoms with Gasteiger partial charge in [0.05, 0.1) is 12.0 Å². The second-order valence-corrected chi connectivity index (χ2v) is 8.13. The molecular weight excluding hydrogens is 380 g/mol. The molecule has 0 bridgehead atoms. The van der Waals surface area contributed by atoms with Gasteiger partial charge in [-0.2, -0.15) is 0 Å². The molecule has 7 heteroatoms. The number of nitrogens with zero attached hydrogens (tertiary/aromatic N) is 4. The van der Waals surface area contributed by atoms with Gasteiger partial charge < -0.3 is 9.80 Å². The minimum atomic E-state index is -1.15. The maximum absolute atomic E-state index is 13.6. The number of carbonyl (C=O) groups is 3. The highest BCUT2D eigenvalue weighted by atomic mass is 16.2. The second kappa shape index (κ2) is 8.36. The van der Waals surface area contributed by atoms with Crippen molar-refractivity contribution in [3.8, 4) is 0 Å². The highest BCUT2D eigenvalue weighted by Crippen LogP contribution is 2.41. The average molecular weight is 406 g/mol. The van der Waals surface area contributed by atoms with Crippen molar-refractivity contribution in [2.75, 3.05) is 33.2 Å². The van der Waals surface area contributed by atoms with Crippen molar-refractivity contribution in [3.63, 3.8) is 0 Å². The maximum atomic E-state index is 13.6. The van der Waals surface area contributed by atoms with Gasteiger partial charge in [0, 0.05) is 51.4 Å². The molecular formula is C23H26N4O3. The number of likely N-dealkylation sites (tertiary alicyclic amines) is 1. The summed E-state index contributed by atoms with van der Waals surface area (Å²) in [6, 6.07) is 12.9. The monoisotopic (exact) mass is 406 g/mol. The molecule has 2 aromatic rings. The lowest BCUT2D eigenvalue weighted by Gasteiger charge is -2.35. The Kier molecular flexibility index (Phi) is 5.63. The zero-order chi connectivity index (χ0) is 21.1. The Balaban J connectivity index is 1.62. The molecule has 2 aliphatic heterocycles. The first-order chi connectivity index (χ1) is 14.5. The van der Waals surface area contributed by atoms with Gasteiger partial charge in [-0.05, 0) is 24.2 Å². The quantitative estimate of drug-likeness (QED) is 0.703. The van der Waals surface area contributed by atoms with Gasteiger partial charge >= 0.3 is 0 Å². The molecule has 3 amide bonds. The van der Waals surface area contributed by atoms with Crippen molar-refractivity contribution < 1.29 is 14.4 Å². The SMILES string of the molecule is CN1CCN(C(=O)CC2(c3ccccc3)CC(=O)N(Cc3cccnc3)C2=O)CC1. The fraction of sp³-hybridized carbons (Fsp3) is 0.391. The number of hydrogen-bond donors (Lipinski definition) is 0. The Hall–Kier alpha value is -3.06. The first-order valence-electron chi connectivity index (χ1n) is 10.3. The Labute approximate surface area is 176 Å². The summed E-state index contributed by atoms with van der Waals surface area (Å²) in [5, 5.41) is 0. The summed E-state index contributed by atoms with van der Waals surface area (Å²) in [6.07, 6.45) is 3.32. The fourth-order valence-electron chi connectivity index (χ4n) is 4.28. The molecule has 30 heavy (non-hydrogen) atoms. The third-order valence-electron chi connectivity index (χ3n) is 6.11. The number of aromatic nitrogens is 1. The van der Waals surface area contributed by atoms with Crippen LogP contribution in [0.2, 0.25) is 0 Å². The summed E-state index contributed by atoms with van der Waals surface area (Å²) in [7, 11) is 2.03.